The van der Waals surface area contributed by atoms with Crippen molar-refractivity contribution in [3.63, 3.8) is 0 Å². The lowest BCUT2D eigenvalue weighted by atomic mass is 10.1. The summed E-state index contributed by atoms with van der Waals surface area (Å²) in [5, 5.41) is 22.0. The van der Waals surface area contributed by atoms with Crippen LogP contribution in [0.25, 0.3) is 0 Å². The fraction of sp³-hybridized carbons (Fsp3) is 0.357. The Morgan fingerprint density at radius 3 is 2.52 bits per heavy atom. The van der Waals surface area contributed by atoms with Gasteiger partial charge in [-0.1, -0.05) is 0 Å². The number of non-ortho nitro benzene ring substituents is 1. The summed E-state index contributed by atoms with van der Waals surface area (Å²) in [6.07, 6.45) is -2.49. The van der Waals surface area contributed by atoms with Gasteiger partial charge in [0, 0.05) is 30.7 Å². The second-order valence-corrected chi connectivity index (χ2v) is 5.30. The first-order valence-electron chi connectivity index (χ1n) is 7.26. The Labute approximate surface area is 141 Å². The summed E-state index contributed by atoms with van der Waals surface area (Å²) in [4.78, 5) is 45.8. The molecule has 0 unspecified atom stereocenters. The number of nitrogens with two attached hydrogens (primary N) is 1. The number of nitro groups is 1. The molecule has 1 aromatic carbocycles. The molecule has 1 aromatic rings. The van der Waals surface area contributed by atoms with Crippen LogP contribution in [0.2, 0.25) is 0 Å². The minimum atomic E-state index is -1.54. The molecule has 1 fully saturated rings. The van der Waals surface area contributed by atoms with E-state index < -0.39 is 35.2 Å². The molecule has 1 aliphatic heterocycles. The largest absolute Gasteiger partial charge is 0.507 e. The highest BCUT2D eigenvalue weighted by atomic mass is 16.7. The molecule has 2 rings (SSSR count). The van der Waals surface area contributed by atoms with Crippen molar-refractivity contribution in [3.05, 3.63) is 39.9 Å². The van der Waals surface area contributed by atoms with Crippen molar-refractivity contribution in [1.29, 1.82) is 0 Å². The van der Waals surface area contributed by atoms with Gasteiger partial charge in [-0.2, -0.15) is 0 Å². The Balaban J connectivity index is 2.04. The normalized spacial score (nSPS) is 19.3. The molecule has 134 valence electrons. The maximum absolute atomic E-state index is 12.2. The van der Waals surface area contributed by atoms with Gasteiger partial charge >= 0.3 is 6.16 Å². The highest BCUT2D eigenvalue weighted by Gasteiger charge is 2.38. The van der Waals surface area contributed by atoms with E-state index in [0.29, 0.717) is 0 Å². The minimum absolute atomic E-state index is 0.0483. The zero-order valence-corrected chi connectivity index (χ0v) is 13.0. The summed E-state index contributed by atoms with van der Waals surface area (Å²) < 4.78 is 4.65. The van der Waals surface area contributed by atoms with Crippen LogP contribution in [0.3, 0.4) is 0 Å². The molecular formula is C14H16N4O7. The lowest BCUT2D eigenvalue weighted by molar-refractivity contribution is -0.384. The summed E-state index contributed by atoms with van der Waals surface area (Å²) in [5.41, 5.74) is 5.34. The van der Waals surface area contributed by atoms with Crippen LogP contribution in [-0.2, 0) is 9.53 Å². The van der Waals surface area contributed by atoms with E-state index in [9.17, 15) is 24.5 Å². The van der Waals surface area contributed by atoms with Crippen molar-refractivity contribution in [1.82, 2.24) is 10.2 Å². The van der Waals surface area contributed by atoms with Crippen molar-refractivity contribution >= 4 is 23.7 Å². The number of carboxylic acid groups (broad SMARTS) is 1. The SMILES string of the molecule is NCC(=O)N1C[C@@H](NC(=O)c2ccc([N+](=O)[O-])cc2)C[C@@H]1OC(=O)O. The molecule has 0 aromatic heterocycles. The smallest absolute Gasteiger partial charge is 0.450 e. The third-order valence-corrected chi connectivity index (χ3v) is 3.66. The highest BCUT2D eigenvalue weighted by Crippen LogP contribution is 2.20. The van der Waals surface area contributed by atoms with Gasteiger partial charge in [0.2, 0.25) is 5.91 Å². The zero-order chi connectivity index (χ0) is 18.6. The predicted molar refractivity (Wildman–Crippen MR) is 82.6 cm³/mol. The molecule has 1 heterocycles. The van der Waals surface area contributed by atoms with E-state index in [1.165, 1.54) is 24.3 Å². The summed E-state index contributed by atoms with van der Waals surface area (Å²) in [6.45, 7) is -0.269. The highest BCUT2D eigenvalue weighted by molar-refractivity contribution is 5.94. The monoisotopic (exact) mass is 352 g/mol. The number of ether oxygens (including phenoxy) is 1. The quantitative estimate of drug-likeness (QED) is 0.375. The van der Waals surface area contributed by atoms with Crippen LogP contribution >= 0.6 is 0 Å². The van der Waals surface area contributed by atoms with Gasteiger partial charge in [-0.25, -0.2) is 4.79 Å². The molecule has 2 amide bonds. The molecule has 1 saturated heterocycles. The van der Waals surface area contributed by atoms with E-state index in [-0.39, 0.29) is 30.8 Å². The van der Waals surface area contributed by atoms with Crippen molar-refractivity contribution in [3.8, 4) is 0 Å². The lowest BCUT2D eigenvalue weighted by Gasteiger charge is -2.22. The second kappa shape index (κ2) is 7.57. The number of hydrogen-bond donors (Lipinski definition) is 3. The van der Waals surface area contributed by atoms with Gasteiger partial charge in [-0.3, -0.25) is 19.7 Å². The number of nitrogens with zero attached hydrogens (tertiary/aromatic N) is 2. The third kappa shape index (κ3) is 4.41. The maximum Gasteiger partial charge on any atom is 0.507 e. The van der Waals surface area contributed by atoms with Gasteiger partial charge in [0.15, 0.2) is 6.23 Å². The molecule has 1 aliphatic rings. The van der Waals surface area contributed by atoms with E-state index in [0.717, 1.165) is 4.90 Å². The Hall–Kier alpha value is -3.21. The third-order valence-electron chi connectivity index (χ3n) is 3.66. The van der Waals surface area contributed by atoms with Crippen LogP contribution < -0.4 is 11.1 Å². The van der Waals surface area contributed by atoms with Gasteiger partial charge in [0.25, 0.3) is 11.6 Å². The predicted octanol–water partition coefficient (Wildman–Crippen LogP) is -0.0951. The van der Waals surface area contributed by atoms with Crippen molar-refractivity contribution in [2.24, 2.45) is 5.73 Å². The van der Waals surface area contributed by atoms with E-state index in [1.807, 2.05) is 0 Å². The van der Waals surface area contributed by atoms with E-state index >= 15 is 0 Å². The molecule has 0 radical (unpaired) electrons. The summed E-state index contributed by atoms with van der Waals surface area (Å²) in [5.74, 6) is -1.01. The molecular weight excluding hydrogens is 336 g/mol. The minimum Gasteiger partial charge on any atom is -0.450 e. The van der Waals surface area contributed by atoms with Crippen LogP contribution in [0.15, 0.2) is 24.3 Å². The molecule has 2 atom stereocenters. The number of likely N-dealkylation sites (tertiary alicyclic amines) is 1. The van der Waals surface area contributed by atoms with Gasteiger partial charge < -0.3 is 25.8 Å². The van der Waals surface area contributed by atoms with Crippen molar-refractivity contribution in [2.75, 3.05) is 13.1 Å². The Kier molecular flexibility index (Phi) is 5.49. The number of nitrogens with one attached hydrogen (secondary N) is 1. The Bertz CT molecular complexity index is 691. The van der Waals surface area contributed by atoms with Crippen LogP contribution in [-0.4, -0.2) is 58.3 Å². The first-order valence-corrected chi connectivity index (χ1v) is 7.26. The molecule has 0 aliphatic carbocycles. The number of hydrogen-bond acceptors (Lipinski definition) is 7. The van der Waals surface area contributed by atoms with E-state index in [1.54, 1.807) is 0 Å². The number of nitro benzene ring substituents is 1. The molecule has 25 heavy (non-hydrogen) atoms. The molecule has 0 bridgehead atoms. The summed E-state index contributed by atoms with van der Waals surface area (Å²) >= 11 is 0. The topological polar surface area (TPSA) is 165 Å². The number of carbonyl (C=O) groups is 3. The lowest BCUT2D eigenvalue weighted by Crippen LogP contribution is -2.43. The number of amides is 2. The molecule has 11 nitrogen and oxygen atoms in total. The molecule has 0 spiro atoms. The first-order chi connectivity index (χ1) is 11.8. The van der Waals surface area contributed by atoms with Crippen molar-refractivity contribution in [2.45, 2.75) is 18.7 Å². The number of carbonyl (C=O) groups excluding carboxylic acids is 2. The van der Waals surface area contributed by atoms with Gasteiger partial charge in [-0.15, -0.1) is 0 Å². The molecule has 11 heteroatoms. The standard InChI is InChI=1S/C14H16N4O7/c15-6-11(19)17-7-9(5-12(17)25-14(21)22)16-13(20)8-1-3-10(4-2-8)18(23)24/h1-4,9,12H,5-7,15H2,(H,16,20)(H,21,22)/t9-,12-/m0/s1. The van der Waals surface area contributed by atoms with E-state index in [2.05, 4.69) is 10.1 Å². The summed E-state index contributed by atoms with van der Waals surface area (Å²) in [7, 11) is 0. The van der Waals surface area contributed by atoms with Gasteiger partial charge in [-0.05, 0) is 12.1 Å². The first kappa shape index (κ1) is 18.1. The Morgan fingerprint density at radius 2 is 2.00 bits per heavy atom. The van der Waals surface area contributed by atoms with Crippen LogP contribution in [0.1, 0.15) is 16.8 Å². The second-order valence-electron chi connectivity index (χ2n) is 5.30. The Morgan fingerprint density at radius 1 is 1.36 bits per heavy atom. The fourth-order valence-corrected chi connectivity index (χ4v) is 2.52. The fourth-order valence-electron chi connectivity index (χ4n) is 2.52. The average Bonchev–Trinajstić information content (AvgIpc) is 2.95. The van der Waals surface area contributed by atoms with E-state index in [4.69, 9.17) is 10.8 Å². The van der Waals surface area contributed by atoms with Gasteiger partial charge in [0.05, 0.1) is 17.5 Å². The van der Waals surface area contributed by atoms with Crippen LogP contribution in [0.4, 0.5) is 10.5 Å². The van der Waals surface area contributed by atoms with Gasteiger partial charge in [0.1, 0.15) is 0 Å². The van der Waals surface area contributed by atoms with Crippen molar-refractivity contribution < 1.29 is 29.2 Å². The van der Waals surface area contributed by atoms with Crippen LogP contribution in [0.5, 0.6) is 0 Å². The molecule has 0 saturated carbocycles. The average molecular weight is 352 g/mol. The number of benzene rings is 1. The molecule has 4 N–H and O–H groups in total. The maximum atomic E-state index is 12.2. The van der Waals surface area contributed by atoms with Crippen LogP contribution in [0, 0.1) is 10.1 Å². The number of rotatable bonds is 5. The summed E-state index contributed by atoms with van der Waals surface area (Å²) in [6, 6.07) is 4.46. The zero-order valence-electron chi connectivity index (χ0n) is 13.0.